The lowest BCUT2D eigenvalue weighted by molar-refractivity contribution is -0.126. The van der Waals surface area contributed by atoms with Gasteiger partial charge in [-0.05, 0) is 31.0 Å². The van der Waals surface area contributed by atoms with E-state index in [4.69, 9.17) is 0 Å². The zero-order valence-corrected chi connectivity index (χ0v) is 12.5. The first-order valence-electron chi connectivity index (χ1n) is 5.83. The van der Waals surface area contributed by atoms with E-state index in [1.54, 1.807) is 19.1 Å². The number of rotatable bonds is 6. The number of Topliss-reactive ketones (excluding diaryl/α,β-unsaturated/α-hetero) is 1. The average Bonchev–Trinajstić information content (AvgIpc) is 2.35. The number of benzene rings is 1. The van der Waals surface area contributed by atoms with Crippen molar-refractivity contribution in [3.8, 4) is 0 Å². The Morgan fingerprint density at radius 3 is 2.11 bits per heavy atom. The van der Waals surface area contributed by atoms with Crippen molar-refractivity contribution in [3.63, 3.8) is 0 Å². The summed E-state index contributed by atoms with van der Waals surface area (Å²) in [6.07, 6.45) is 0.240. The van der Waals surface area contributed by atoms with Crippen LogP contribution in [-0.4, -0.2) is 25.1 Å². The largest absolute Gasteiger partial charge is 0.299 e. The van der Waals surface area contributed by atoms with Crippen molar-refractivity contribution < 1.29 is 18.0 Å². The molecule has 0 aliphatic heterocycles. The van der Waals surface area contributed by atoms with E-state index in [1.165, 1.54) is 19.1 Å². The van der Waals surface area contributed by atoms with Crippen LogP contribution in [0.4, 0.5) is 0 Å². The van der Waals surface area contributed by atoms with Crippen molar-refractivity contribution in [1.29, 1.82) is 0 Å². The van der Waals surface area contributed by atoms with Crippen molar-refractivity contribution in [2.45, 2.75) is 25.2 Å². The van der Waals surface area contributed by atoms with Crippen molar-refractivity contribution in [3.05, 3.63) is 29.8 Å². The van der Waals surface area contributed by atoms with Crippen LogP contribution in [0.15, 0.2) is 29.2 Å². The van der Waals surface area contributed by atoms with Gasteiger partial charge in [0.2, 0.25) is 0 Å². The van der Waals surface area contributed by atoms with Crippen molar-refractivity contribution >= 4 is 33.4 Å². The molecule has 0 fully saturated rings. The number of carbonyl (C=O) groups is 2. The maximum atomic E-state index is 11.6. The summed E-state index contributed by atoms with van der Waals surface area (Å²) in [5.74, 6) is -0.986. The summed E-state index contributed by atoms with van der Waals surface area (Å²) in [5.41, 5.74) is 0.734. The smallest absolute Gasteiger partial charge is 0.196 e. The lowest BCUT2D eigenvalue weighted by Crippen LogP contribution is -2.20. The number of hydrogen-bond donors (Lipinski definition) is 1. The third-order valence-electron chi connectivity index (χ3n) is 2.89. The predicted octanol–water partition coefficient (Wildman–Crippen LogP) is 1.68. The van der Waals surface area contributed by atoms with Crippen LogP contribution in [0.25, 0.3) is 0 Å². The monoisotopic (exact) mass is 300 g/mol. The summed E-state index contributed by atoms with van der Waals surface area (Å²) >= 11 is 3.69. The van der Waals surface area contributed by atoms with E-state index in [-0.39, 0.29) is 22.9 Å². The summed E-state index contributed by atoms with van der Waals surface area (Å²) in [7, 11) is -3.23. The molecule has 0 amide bonds. The maximum absolute atomic E-state index is 11.6. The molecule has 0 spiro atoms. The Bertz CT molecular complexity index is 559. The second-order valence-electron chi connectivity index (χ2n) is 4.25. The van der Waals surface area contributed by atoms with Crippen LogP contribution in [-0.2, 0) is 25.8 Å². The molecule has 0 N–H and O–H groups in total. The molecule has 1 rings (SSSR count). The minimum Gasteiger partial charge on any atom is -0.299 e. The van der Waals surface area contributed by atoms with E-state index in [9.17, 15) is 18.0 Å². The van der Waals surface area contributed by atoms with E-state index >= 15 is 0 Å². The van der Waals surface area contributed by atoms with Gasteiger partial charge in [0, 0.05) is 0 Å². The third-order valence-corrected chi connectivity index (χ3v) is 4.95. The average molecular weight is 300 g/mol. The fourth-order valence-corrected chi connectivity index (χ4v) is 2.80. The van der Waals surface area contributed by atoms with Gasteiger partial charge in [-0.2, -0.15) is 0 Å². The molecule has 0 saturated carbocycles. The molecule has 1 unspecified atom stereocenters. The topological polar surface area (TPSA) is 68.3 Å². The molecule has 0 heterocycles. The zero-order chi connectivity index (χ0) is 14.6. The van der Waals surface area contributed by atoms with Gasteiger partial charge >= 0.3 is 0 Å². The Balaban J connectivity index is 2.94. The second-order valence-corrected chi connectivity index (χ2v) is 6.97. The summed E-state index contributed by atoms with van der Waals surface area (Å²) in [4.78, 5) is 22.8. The molecule has 6 heteroatoms. The first kappa shape index (κ1) is 15.9. The maximum Gasteiger partial charge on any atom is 0.196 e. The first-order valence-corrected chi connectivity index (χ1v) is 7.93. The predicted molar refractivity (Wildman–Crippen MR) is 76.0 cm³/mol. The minimum absolute atomic E-state index is 0.0392. The van der Waals surface area contributed by atoms with Gasteiger partial charge in [0.1, 0.15) is 5.78 Å². The molecule has 1 aromatic rings. The van der Waals surface area contributed by atoms with E-state index in [1.807, 2.05) is 0 Å². The highest BCUT2D eigenvalue weighted by Crippen LogP contribution is 2.16. The summed E-state index contributed by atoms with van der Waals surface area (Å²) in [6.45, 7) is 2.92. The number of hydrogen-bond acceptors (Lipinski definition) is 4. The fraction of sp³-hybridized carbons (Fsp3) is 0.385. The standard InChI is InChI=1S/C13H16O4S2/c1-3-19(16,17)11-6-4-10(5-7-11)8-12(9(2)14)13(15)18/h4-7,12H,3,8H2,1-2H3,(H,15,18). The number of carbonyl (C=O) groups excluding carboxylic acids is 2. The highest BCUT2D eigenvalue weighted by Gasteiger charge is 2.21. The van der Waals surface area contributed by atoms with Gasteiger partial charge < -0.3 is 0 Å². The molecule has 0 saturated heterocycles. The fourth-order valence-electron chi connectivity index (χ4n) is 1.64. The van der Waals surface area contributed by atoms with Crippen molar-refractivity contribution in [1.82, 2.24) is 0 Å². The van der Waals surface area contributed by atoms with Gasteiger partial charge in [0.05, 0.1) is 16.6 Å². The zero-order valence-electron chi connectivity index (χ0n) is 10.8. The van der Waals surface area contributed by atoms with E-state index in [2.05, 4.69) is 12.6 Å². The molecule has 0 radical (unpaired) electrons. The molecule has 1 aromatic carbocycles. The van der Waals surface area contributed by atoms with Crippen LogP contribution in [0.1, 0.15) is 19.4 Å². The van der Waals surface area contributed by atoms with E-state index in [0.717, 1.165) is 5.56 Å². The van der Waals surface area contributed by atoms with Gasteiger partial charge in [0.25, 0.3) is 0 Å². The summed E-state index contributed by atoms with van der Waals surface area (Å²) in [5, 5.41) is -0.474. The van der Waals surface area contributed by atoms with Crippen LogP contribution in [0.3, 0.4) is 0 Å². The Morgan fingerprint density at radius 2 is 1.74 bits per heavy atom. The van der Waals surface area contributed by atoms with E-state index < -0.39 is 20.9 Å². The molecule has 0 aliphatic rings. The molecule has 4 nitrogen and oxygen atoms in total. The molecule has 0 bridgehead atoms. The van der Waals surface area contributed by atoms with Crippen LogP contribution >= 0.6 is 12.6 Å². The minimum atomic E-state index is -3.23. The first-order chi connectivity index (χ1) is 8.77. The normalized spacial score (nSPS) is 13.0. The number of sulfone groups is 1. The van der Waals surface area contributed by atoms with Gasteiger partial charge in [-0.25, -0.2) is 8.42 Å². The third kappa shape index (κ3) is 4.18. The van der Waals surface area contributed by atoms with Crippen molar-refractivity contribution in [2.24, 2.45) is 5.92 Å². The van der Waals surface area contributed by atoms with Crippen LogP contribution in [0.5, 0.6) is 0 Å². The van der Waals surface area contributed by atoms with Crippen molar-refractivity contribution in [2.75, 3.05) is 5.75 Å². The lowest BCUT2D eigenvalue weighted by atomic mass is 9.97. The highest BCUT2D eigenvalue weighted by atomic mass is 32.2. The molecular formula is C13H16O4S2. The SMILES string of the molecule is CCS(=O)(=O)c1ccc(CC(C(C)=O)C(=O)S)cc1. The van der Waals surface area contributed by atoms with Crippen LogP contribution < -0.4 is 0 Å². The number of thiol groups is 1. The lowest BCUT2D eigenvalue weighted by Gasteiger charge is -2.10. The summed E-state index contributed by atoms with van der Waals surface area (Å²) < 4.78 is 23.3. The van der Waals surface area contributed by atoms with Crippen LogP contribution in [0, 0.1) is 5.92 Å². The highest BCUT2D eigenvalue weighted by molar-refractivity contribution is 7.96. The molecule has 19 heavy (non-hydrogen) atoms. The molecule has 104 valence electrons. The molecular weight excluding hydrogens is 284 g/mol. The molecule has 1 atom stereocenters. The van der Waals surface area contributed by atoms with Gasteiger partial charge in [-0.1, -0.05) is 19.1 Å². The second kappa shape index (κ2) is 6.34. The Kier molecular flexibility index (Phi) is 5.31. The molecule has 0 aromatic heterocycles. The molecule has 0 aliphatic carbocycles. The van der Waals surface area contributed by atoms with E-state index in [0.29, 0.717) is 0 Å². The van der Waals surface area contributed by atoms with Crippen LogP contribution in [0.2, 0.25) is 0 Å². The summed E-state index contributed by atoms with van der Waals surface area (Å²) in [6, 6.07) is 6.23. The van der Waals surface area contributed by atoms with Gasteiger partial charge in [0.15, 0.2) is 15.0 Å². The number of ketones is 1. The van der Waals surface area contributed by atoms with Gasteiger partial charge in [-0.3, -0.25) is 9.59 Å². The quantitative estimate of drug-likeness (QED) is 0.641. The Hall–Kier alpha value is -1.14. The van der Waals surface area contributed by atoms with Gasteiger partial charge in [-0.15, -0.1) is 12.6 Å². The Labute approximate surface area is 118 Å². The Morgan fingerprint density at radius 1 is 1.21 bits per heavy atom.